The van der Waals surface area contributed by atoms with Gasteiger partial charge in [0.15, 0.2) is 0 Å². The van der Waals surface area contributed by atoms with Gasteiger partial charge < -0.3 is 10.1 Å². The van der Waals surface area contributed by atoms with Gasteiger partial charge in [0.25, 0.3) is 0 Å². The van der Waals surface area contributed by atoms with E-state index in [2.05, 4.69) is 31.2 Å². The zero-order chi connectivity index (χ0) is 15.6. The lowest BCUT2D eigenvalue weighted by molar-refractivity contribution is -0.386. The van der Waals surface area contributed by atoms with Gasteiger partial charge in [0.05, 0.1) is 4.92 Å². The standard InChI is InChI=1S/C13H13BrN4O3/c1-7-6-9(4-5-10(7)14)21-12-11(18(19)20)8(2)16-13(15-3)17-12/h4-6H,1-3H3,(H,15,16,17). The number of anilines is 1. The average molecular weight is 353 g/mol. The molecule has 0 atom stereocenters. The van der Waals surface area contributed by atoms with Crippen LogP contribution in [0.3, 0.4) is 0 Å². The number of aromatic nitrogens is 2. The molecule has 1 heterocycles. The number of aryl methyl sites for hydroxylation is 2. The lowest BCUT2D eigenvalue weighted by Gasteiger charge is -2.09. The number of nitro groups is 1. The molecule has 0 amide bonds. The third-order valence-electron chi connectivity index (χ3n) is 2.78. The SMILES string of the molecule is CNc1nc(C)c([N+](=O)[O-])c(Oc2ccc(Br)c(C)c2)n1. The van der Waals surface area contributed by atoms with Crippen LogP contribution in [0.4, 0.5) is 11.6 Å². The summed E-state index contributed by atoms with van der Waals surface area (Å²) in [4.78, 5) is 18.6. The molecule has 0 fully saturated rings. The minimum absolute atomic E-state index is 0.0847. The molecule has 2 aromatic rings. The molecule has 0 radical (unpaired) electrons. The van der Waals surface area contributed by atoms with Gasteiger partial charge in [0, 0.05) is 11.5 Å². The Morgan fingerprint density at radius 3 is 2.62 bits per heavy atom. The molecule has 110 valence electrons. The van der Waals surface area contributed by atoms with E-state index in [-0.39, 0.29) is 23.2 Å². The third-order valence-corrected chi connectivity index (χ3v) is 3.67. The molecule has 0 spiro atoms. The highest BCUT2D eigenvalue weighted by Crippen LogP contribution is 2.33. The molecule has 1 N–H and O–H groups in total. The molecule has 0 aliphatic heterocycles. The number of ether oxygens (including phenoxy) is 1. The summed E-state index contributed by atoms with van der Waals surface area (Å²) >= 11 is 3.39. The molecule has 1 aromatic heterocycles. The van der Waals surface area contributed by atoms with Gasteiger partial charge in [-0.3, -0.25) is 10.1 Å². The van der Waals surface area contributed by atoms with Crippen LogP contribution < -0.4 is 10.1 Å². The Morgan fingerprint density at radius 2 is 2.05 bits per heavy atom. The third kappa shape index (κ3) is 3.27. The lowest BCUT2D eigenvalue weighted by Crippen LogP contribution is -2.05. The van der Waals surface area contributed by atoms with E-state index in [1.807, 2.05) is 13.0 Å². The van der Waals surface area contributed by atoms with Crippen molar-refractivity contribution in [1.82, 2.24) is 9.97 Å². The molecule has 0 unspecified atom stereocenters. The van der Waals surface area contributed by atoms with Gasteiger partial charge in [0.1, 0.15) is 11.4 Å². The Labute approximate surface area is 129 Å². The second-order valence-electron chi connectivity index (χ2n) is 4.31. The van der Waals surface area contributed by atoms with Crippen LogP contribution in [0.15, 0.2) is 22.7 Å². The first kappa shape index (κ1) is 15.2. The van der Waals surface area contributed by atoms with Crippen LogP contribution >= 0.6 is 15.9 Å². The zero-order valence-corrected chi connectivity index (χ0v) is 13.3. The van der Waals surface area contributed by atoms with Gasteiger partial charge in [-0.15, -0.1) is 0 Å². The van der Waals surface area contributed by atoms with Gasteiger partial charge in [-0.1, -0.05) is 15.9 Å². The zero-order valence-electron chi connectivity index (χ0n) is 11.7. The molecule has 2 rings (SSSR count). The topological polar surface area (TPSA) is 90.2 Å². The summed E-state index contributed by atoms with van der Waals surface area (Å²) in [6.45, 7) is 3.44. The highest BCUT2D eigenvalue weighted by atomic mass is 79.9. The van der Waals surface area contributed by atoms with Gasteiger partial charge in [0.2, 0.25) is 5.95 Å². The maximum Gasteiger partial charge on any atom is 0.352 e. The second kappa shape index (κ2) is 6.04. The maximum atomic E-state index is 11.2. The summed E-state index contributed by atoms with van der Waals surface area (Å²) < 4.78 is 6.51. The minimum atomic E-state index is -0.546. The number of nitrogens with one attached hydrogen (secondary N) is 1. The van der Waals surface area contributed by atoms with E-state index in [4.69, 9.17) is 4.74 Å². The van der Waals surface area contributed by atoms with Crippen molar-refractivity contribution in [2.24, 2.45) is 0 Å². The van der Waals surface area contributed by atoms with Crippen molar-refractivity contribution in [3.05, 3.63) is 44.0 Å². The van der Waals surface area contributed by atoms with E-state index < -0.39 is 4.92 Å². The highest BCUT2D eigenvalue weighted by Gasteiger charge is 2.24. The van der Waals surface area contributed by atoms with E-state index in [9.17, 15) is 10.1 Å². The number of nitrogens with zero attached hydrogens (tertiary/aromatic N) is 3. The Bertz CT molecular complexity index is 706. The Hall–Kier alpha value is -2.22. The van der Waals surface area contributed by atoms with Crippen molar-refractivity contribution in [3.8, 4) is 11.6 Å². The van der Waals surface area contributed by atoms with Crippen molar-refractivity contribution in [3.63, 3.8) is 0 Å². The molecular weight excluding hydrogens is 340 g/mol. The van der Waals surface area contributed by atoms with Crippen LogP contribution in [0.2, 0.25) is 0 Å². The molecule has 0 bridgehead atoms. The molecule has 0 saturated heterocycles. The van der Waals surface area contributed by atoms with Crippen LogP contribution in [0.5, 0.6) is 11.6 Å². The Balaban J connectivity index is 2.48. The van der Waals surface area contributed by atoms with Gasteiger partial charge >= 0.3 is 11.6 Å². The lowest BCUT2D eigenvalue weighted by atomic mass is 10.2. The predicted molar refractivity (Wildman–Crippen MR) is 81.9 cm³/mol. The van der Waals surface area contributed by atoms with Crippen LogP contribution in [-0.4, -0.2) is 21.9 Å². The van der Waals surface area contributed by atoms with Crippen LogP contribution in [0, 0.1) is 24.0 Å². The van der Waals surface area contributed by atoms with E-state index >= 15 is 0 Å². The van der Waals surface area contributed by atoms with E-state index in [1.54, 1.807) is 26.1 Å². The molecule has 0 aliphatic rings. The van der Waals surface area contributed by atoms with Crippen molar-refractivity contribution in [1.29, 1.82) is 0 Å². The number of hydrogen-bond acceptors (Lipinski definition) is 6. The van der Waals surface area contributed by atoms with Crippen LogP contribution in [0.25, 0.3) is 0 Å². The molecule has 0 aliphatic carbocycles. The summed E-state index contributed by atoms with van der Waals surface area (Å²) in [5.41, 5.74) is 0.951. The fourth-order valence-electron chi connectivity index (χ4n) is 1.73. The van der Waals surface area contributed by atoms with Gasteiger partial charge in [-0.25, -0.2) is 4.98 Å². The van der Waals surface area contributed by atoms with E-state index in [0.717, 1.165) is 10.0 Å². The quantitative estimate of drug-likeness (QED) is 0.667. The molecule has 7 nitrogen and oxygen atoms in total. The smallest absolute Gasteiger partial charge is 0.352 e. The summed E-state index contributed by atoms with van der Waals surface area (Å²) in [6, 6.07) is 5.28. The Morgan fingerprint density at radius 1 is 1.33 bits per heavy atom. The fourth-order valence-corrected chi connectivity index (χ4v) is 1.97. The summed E-state index contributed by atoms with van der Waals surface area (Å²) in [5.74, 6) is 0.652. The summed E-state index contributed by atoms with van der Waals surface area (Å²) in [7, 11) is 1.63. The van der Waals surface area contributed by atoms with Crippen molar-refractivity contribution in [2.45, 2.75) is 13.8 Å². The van der Waals surface area contributed by atoms with Crippen molar-refractivity contribution >= 4 is 27.6 Å². The number of halogens is 1. The molecule has 8 heteroatoms. The average Bonchev–Trinajstić information content (AvgIpc) is 2.41. The molecule has 21 heavy (non-hydrogen) atoms. The second-order valence-corrected chi connectivity index (χ2v) is 5.16. The molecule has 0 saturated carbocycles. The van der Waals surface area contributed by atoms with Crippen LogP contribution in [0.1, 0.15) is 11.3 Å². The maximum absolute atomic E-state index is 11.2. The largest absolute Gasteiger partial charge is 0.434 e. The minimum Gasteiger partial charge on any atom is -0.434 e. The summed E-state index contributed by atoms with van der Waals surface area (Å²) in [5, 5.41) is 13.9. The van der Waals surface area contributed by atoms with Gasteiger partial charge in [-0.05, 0) is 37.6 Å². The first-order chi connectivity index (χ1) is 9.92. The number of rotatable bonds is 4. The normalized spacial score (nSPS) is 10.3. The van der Waals surface area contributed by atoms with E-state index in [1.165, 1.54) is 0 Å². The fraction of sp³-hybridized carbons (Fsp3) is 0.231. The first-order valence-corrected chi connectivity index (χ1v) is 6.86. The summed E-state index contributed by atoms with van der Waals surface area (Å²) in [6.07, 6.45) is 0. The molecular formula is C13H13BrN4O3. The first-order valence-electron chi connectivity index (χ1n) is 6.07. The van der Waals surface area contributed by atoms with Crippen molar-refractivity contribution in [2.75, 3.05) is 12.4 Å². The van der Waals surface area contributed by atoms with Crippen LogP contribution in [-0.2, 0) is 0 Å². The number of hydrogen-bond donors (Lipinski definition) is 1. The highest BCUT2D eigenvalue weighted by molar-refractivity contribution is 9.10. The van der Waals surface area contributed by atoms with Gasteiger partial charge in [-0.2, -0.15) is 4.98 Å². The monoisotopic (exact) mass is 352 g/mol. The van der Waals surface area contributed by atoms with Crippen molar-refractivity contribution < 1.29 is 9.66 Å². The number of benzene rings is 1. The Kier molecular flexibility index (Phi) is 4.37. The predicted octanol–water partition coefficient (Wildman–Crippen LogP) is 3.60. The molecule has 1 aromatic carbocycles. The van der Waals surface area contributed by atoms with E-state index in [0.29, 0.717) is 5.75 Å².